The quantitative estimate of drug-likeness (QED) is 0.277. The van der Waals surface area contributed by atoms with Gasteiger partial charge in [-0.3, -0.25) is 24.8 Å². The molecule has 0 aliphatic heterocycles. The van der Waals surface area contributed by atoms with Crippen molar-refractivity contribution in [3.63, 3.8) is 0 Å². The Kier molecular flexibility index (Phi) is 5.39. The molecule has 0 bridgehead atoms. The van der Waals surface area contributed by atoms with Gasteiger partial charge in [0.15, 0.2) is 0 Å². The van der Waals surface area contributed by atoms with Crippen LogP contribution in [0, 0.1) is 5.92 Å². The van der Waals surface area contributed by atoms with Crippen molar-refractivity contribution in [2.24, 2.45) is 5.92 Å². The second kappa shape index (κ2) is 9.19. The Labute approximate surface area is 217 Å². The van der Waals surface area contributed by atoms with E-state index in [-0.39, 0.29) is 11.8 Å². The molecule has 1 aliphatic carbocycles. The van der Waals surface area contributed by atoms with E-state index in [9.17, 15) is 4.79 Å². The van der Waals surface area contributed by atoms with Gasteiger partial charge in [-0.15, -0.1) is 0 Å². The summed E-state index contributed by atoms with van der Waals surface area (Å²) in [6.07, 6.45) is 14.7. The van der Waals surface area contributed by atoms with E-state index in [4.69, 9.17) is 0 Å². The number of hydrogen-bond donors (Lipinski definition) is 3. The lowest BCUT2D eigenvalue weighted by Crippen LogP contribution is -2.20. The van der Waals surface area contributed by atoms with Gasteiger partial charge in [0.05, 0.1) is 35.0 Å². The zero-order chi connectivity index (χ0) is 25.5. The summed E-state index contributed by atoms with van der Waals surface area (Å²) in [4.78, 5) is 33.7. The third kappa shape index (κ3) is 3.98. The van der Waals surface area contributed by atoms with Crippen LogP contribution in [-0.2, 0) is 4.79 Å². The van der Waals surface area contributed by atoms with E-state index in [0.717, 1.165) is 81.4 Å². The predicted molar refractivity (Wildman–Crippen MR) is 146 cm³/mol. The number of anilines is 1. The van der Waals surface area contributed by atoms with Gasteiger partial charge < -0.3 is 10.3 Å². The highest BCUT2D eigenvalue weighted by atomic mass is 16.1. The van der Waals surface area contributed by atoms with E-state index in [0.29, 0.717) is 5.69 Å². The first-order valence-corrected chi connectivity index (χ1v) is 12.7. The number of hydrogen-bond acceptors (Lipinski definition) is 6. The summed E-state index contributed by atoms with van der Waals surface area (Å²) in [7, 11) is 0. The summed E-state index contributed by atoms with van der Waals surface area (Å²) < 4.78 is 0. The molecule has 1 saturated carbocycles. The highest BCUT2D eigenvalue weighted by molar-refractivity contribution is 6.00. The number of carbonyl (C=O) groups is 1. The summed E-state index contributed by atoms with van der Waals surface area (Å²) in [5, 5.41) is 12.6. The molecule has 1 aliphatic rings. The number of nitrogens with zero attached hydrogens (tertiary/aromatic N) is 5. The Morgan fingerprint density at radius 2 is 1.74 bits per heavy atom. The van der Waals surface area contributed by atoms with Crippen molar-refractivity contribution >= 4 is 33.5 Å². The van der Waals surface area contributed by atoms with Gasteiger partial charge in [-0.25, -0.2) is 4.98 Å². The molecule has 6 aromatic heterocycles. The van der Waals surface area contributed by atoms with Crippen LogP contribution in [0.25, 0.3) is 55.7 Å². The third-order valence-electron chi connectivity index (χ3n) is 7.25. The number of rotatable bonds is 5. The minimum atomic E-state index is 0.0699. The van der Waals surface area contributed by atoms with Crippen molar-refractivity contribution < 1.29 is 4.79 Å². The van der Waals surface area contributed by atoms with E-state index in [2.05, 4.69) is 46.5 Å². The summed E-state index contributed by atoms with van der Waals surface area (Å²) in [6, 6.07) is 12.0. The monoisotopic (exact) mass is 500 g/mol. The maximum absolute atomic E-state index is 12.6. The van der Waals surface area contributed by atoms with Crippen molar-refractivity contribution in [2.75, 3.05) is 5.32 Å². The van der Waals surface area contributed by atoms with Gasteiger partial charge in [-0.05, 0) is 60.4 Å². The number of aromatic amines is 2. The second-order valence-electron chi connectivity index (χ2n) is 9.66. The average molecular weight is 501 g/mol. The van der Waals surface area contributed by atoms with Crippen LogP contribution in [0.1, 0.15) is 25.7 Å². The summed E-state index contributed by atoms with van der Waals surface area (Å²) in [6.45, 7) is 0. The van der Waals surface area contributed by atoms with Crippen LogP contribution in [0.4, 0.5) is 5.69 Å². The molecule has 1 fully saturated rings. The van der Waals surface area contributed by atoms with E-state index < -0.39 is 0 Å². The van der Waals surface area contributed by atoms with Gasteiger partial charge in [0.25, 0.3) is 0 Å². The number of fused-ring (bicyclic) bond motifs is 2. The fourth-order valence-corrected chi connectivity index (χ4v) is 5.30. The lowest BCUT2D eigenvalue weighted by atomic mass is 10.0. The minimum Gasteiger partial charge on any atom is -0.338 e. The zero-order valence-corrected chi connectivity index (χ0v) is 20.5. The molecule has 0 aromatic carbocycles. The van der Waals surface area contributed by atoms with Crippen LogP contribution in [-0.4, -0.2) is 41.0 Å². The van der Waals surface area contributed by atoms with Crippen LogP contribution >= 0.6 is 0 Å². The molecule has 9 nitrogen and oxygen atoms in total. The van der Waals surface area contributed by atoms with Crippen LogP contribution in [0.3, 0.4) is 0 Å². The number of carbonyl (C=O) groups excluding carboxylic acids is 1. The smallest absolute Gasteiger partial charge is 0.227 e. The number of H-pyrrole nitrogens is 2. The molecule has 0 radical (unpaired) electrons. The SMILES string of the molecule is O=C(Nc1cncc(-c2cc3c(-c4cc5c(-c6ccncc6)ccnc5[nH]4)n[nH]c3cn2)c1)C1CCCC1. The average Bonchev–Trinajstić information content (AvgIpc) is 3.73. The first-order valence-electron chi connectivity index (χ1n) is 12.7. The summed E-state index contributed by atoms with van der Waals surface area (Å²) >= 11 is 0. The van der Waals surface area contributed by atoms with E-state index in [1.54, 1.807) is 37.2 Å². The van der Waals surface area contributed by atoms with Crippen LogP contribution < -0.4 is 5.32 Å². The highest BCUT2D eigenvalue weighted by Gasteiger charge is 2.23. The Morgan fingerprint density at radius 3 is 2.61 bits per heavy atom. The molecule has 3 N–H and O–H groups in total. The molecule has 0 atom stereocenters. The predicted octanol–water partition coefficient (Wildman–Crippen LogP) is 5.75. The molecule has 9 heteroatoms. The molecule has 0 unspecified atom stereocenters. The number of amides is 1. The third-order valence-corrected chi connectivity index (χ3v) is 7.25. The fraction of sp³-hybridized carbons (Fsp3) is 0.172. The van der Waals surface area contributed by atoms with Crippen molar-refractivity contribution in [3.8, 4) is 33.8 Å². The number of nitrogens with one attached hydrogen (secondary N) is 3. The van der Waals surface area contributed by atoms with E-state index in [1.165, 1.54) is 0 Å². The summed E-state index contributed by atoms with van der Waals surface area (Å²) in [5.41, 5.74) is 7.64. The van der Waals surface area contributed by atoms with E-state index in [1.807, 2.05) is 30.3 Å². The molecule has 6 aromatic rings. The molecule has 0 saturated heterocycles. The molecule has 38 heavy (non-hydrogen) atoms. The van der Waals surface area contributed by atoms with Crippen molar-refractivity contribution in [2.45, 2.75) is 25.7 Å². The number of aromatic nitrogens is 7. The summed E-state index contributed by atoms with van der Waals surface area (Å²) in [5.74, 6) is 0.159. The first kappa shape index (κ1) is 22.3. The normalized spacial score (nSPS) is 13.9. The van der Waals surface area contributed by atoms with Gasteiger partial charge in [0.1, 0.15) is 11.3 Å². The Bertz CT molecular complexity index is 1780. The van der Waals surface area contributed by atoms with Gasteiger partial charge in [0, 0.05) is 47.0 Å². The molecule has 6 heterocycles. The van der Waals surface area contributed by atoms with Gasteiger partial charge in [0.2, 0.25) is 5.91 Å². The topological polar surface area (TPSA) is 125 Å². The zero-order valence-electron chi connectivity index (χ0n) is 20.5. The second-order valence-corrected chi connectivity index (χ2v) is 9.66. The molecule has 1 amide bonds. The molecule has 7 rings (SSSR count). The van der Waals surface area contributed by atoms with Gasteiger partial charge >= 0.3 is 0 Å². The van der Waals surface area contributed by atoms with Crippen molar-refractivity contribution in [1.82, 2.24) is 35.1 Å². The Hall–Kier alpha value is -4.92. The van der Waals surface area contributed by atoms with Gasteiger partial charge in [-0.1, -0.05) is 12.8 Å². The van der Waals surface area contributed by atoms with Crippen LogP contribution in [0.15, 0.2) is 73.6 Å². The molecular formula is C29H24N8O. The minimum absolute atomic E-state index is 0.0699. The Balaban J connectivity index is 1.25. The lowest BCUT2D eigenvalue weighted by molar-refractivity contribution is -0.119. The first-order chi connectivity index (χ1) is 18.7. The maximum Gasteiger partial charge on any atom is 0.227 e. The molecule has 186 valence electrons. The molecular weight excluding hydrogens is 476 g/mol. The highest BCUT2D eigenvalue weighted by Crippen LogP contribution is 2.34. The molecule has 0 spiro atoms. The van der Waals surface area contributed by atoms with Crippen LogP contribution in [0.2, 0.25) is 0 Å². The fourth-order valence-electron chi connectivity index (χ4n) is 5.30. The Morgan fingerprint density at radius 1 is 0.868 bits per heavy atom. The van der Waals surface area contributed by atoms with E-state index >= 15 is 0 Å². The number of pyridine rings is 4. The lowest BCUT2D eigenvalue weighted by Gasteiger charge is -2.11. The van der Waals surface area contributed by atoms with Gasteiger partial charge in [-0.2, -0.15) is 5.10 Å². The largest absolute Gasteiger partial charge is 0.338 e. The van der Waals surface area contributed by atoms with Crippen molar-refractivity contribution in [3.05, 3.63) is 73.6 Å². The van der Waals surface area contributed by atoms with Crippen LogP contribution in [0.5, 0.6) is 0 Å². The maximum atomic E-state index is 12.6. The van der Waals surface area contributed by atoms with Crippen molar-refractivity contribution in [1.29, 1.82) is 0 Å². The standard InChI is InChI=1S/C29H24N8O/c38-29(18-3-1-2-4-18)34-20-11-19(14-31-15-20)24-13-23-26(16-33-24)36-37-27(23)25-12-22-21(7-10-32-28(22)35-25)17-5-8-30-9-6-17/h5-16,18H,1-4H2,(H,32,35)(H,34,38)(H,36,37).